The molecule has 4 nitrogen and oxygen atoms in total. The lowest BCUT2D eigenvalue weighted by atomic mass is 10.1. The zero-order valence-electron chi connectivity index (χ0n) is 10.3. The Balaban J connectivity index is 2.84. The molecule has 100 valence electrons. The molecule has 0 aliphatic carbocycles. The summed E-state index contributed by atoms with van der Waals surface area (Å²) < 4.78 is 5.01. The van der Waals surface area contributed by atoms with Crippen LogP contribution in [0.5, 0.6) is 0 Å². The highest BCUT2D eigenvalue weighted by atomic mass is 35.5. The van der Waals surface area contributed by atoms with Gasteiger partial charge < -0.3 is 15.8 Å². The molecule has 1 aromatic carbocycles. The lowest BCUT2D eigenvalue weighted by Crippen LogP contribution is -2.37. The number of anilines is 1. The highest BCUT2D eigenvalue weighted by Gasteiger charge is 2.14. The number of carbonyl (C=O) groups is 1. The van der Waals surface area contributed by atoms with Crippen LogP contribution >= 0.6 is 23.2 Å². The molecular weight excluding hydrogens is 275 g/mol. The Morgan fingerprint density at radius 3 is 2.67 bits per heavy atom. The molecule has 0 radical (unpaired) electrons. The van der Waals surface area contributed by atoms with Crippen LogP contribution < -0.4 is 11.1 Å². The molecule has 1 unspecified atom stereocenters. The van der Waals surface area contributed by atoms with Gasteiger partial charge in [0, 0.05) is 12.7 Å². The SMILES string of the molecule is CCC(COC)NC(=O)c1cc(N)c(Cl)c(Cl)c1. The summed E-state index contributed by atoms with van der Waals surface area (Å²) >= 11 is 11.7. The molecule has 0 aliphatic rings. The second-order valence-corrected chi connectivity index (χ2v) is 4.68. The quantitative estimate of drug-likeness (QED) is 0.820. The number of nitrogens with two attached hydrogens (primary N) is 1. The van der Waals surface area contributed by atoms with Gasteiger partial charge in [-0.05, 0) is 18.6 Å². The van der Waals surface area contributed by atoms with E-state index in [2.05, 4.69) is 5.32 Å². The van der Waals surface area contributed by atoms with Crippen molar-refractivity contribution in [3.8, 4) is 0 Å². The Morgan fingerprint density at radius 1 is 1.50 bits per heavy atom. The Hall–Kier alpha value is -0.970. The number of nitrogen functional groups attached to an aromatic ring is 1. The smallest absolute Gasteiger partial charge is 0.251 e. The number of hydrogen-bond acceptors (Lipinski definition) is 3. The number of benzene rings is 1. The fourth-order valence-corrected chi connectivity index (χ4v) is 1.81. The van der Waals surface area contributed by atoms with Crippen LogP contribution in [-0.2, 0) is 4.74 Å². The number of ether oxygens (including phenoxy) is 1. The predicted molar refractivity (Wildman–Crippen MR) is 74.3 cm³/mol. The fourth-order valence-electron chi connectivity index (χ4n) is 1.47. The van der Waals surface area contributed by atoms with Crippen molar-refractivity contribution in [3.63, 3.8) is 0 Å². The van der Waals surface area contributed by atoms with Gasteiger partial charge in [-0.2, -0.15) is 0 Å². The summed E-state index contributed by atoms with van der Waals surface area (Å²) in [5.41, 5.74) is 6.33. The molecule has 0 heterocycles. The van der Waals surface area contributed by atoms with Crippen molar-refractivity contribution in [2.24, 2.45) is 0 Å². The highest BCUT2D eigenvalue weighted by molar-refractivity contribution is 6.43. The van der Waals surface area contributed by atoms with E-state index in [1.165, 1.54) is 12.1 Å². The highest BCUT2D eigenvalue weighted by Crippen LogP contribution is 2.29. The third-order valence-electron chi connectivity index (χ3n) is 2.51. The van der Waals surface area contributed by atoms with Crippen molar-refractivity contribution in [1.82, 2.24) is 5.32 Å². The molecule has 1 rings (SSSR count). The van der Waals surface area contributed by atoms with Crippen molar-refractivity contribution in [1.29, 1.82) is 0 Å². The van der Waals surface area contributed by atoms with Gasteiger partial charge in [0.15, 0.2) is 0 Å². The maximum absolute atomic E-state index is 12.0. The van der Waals surface area contributed by atoms with Crippen molar-refractivity contribution < 1.29 is 9.53 Å². The summed E-state index contributed by atoms with van der Waals surface area (Å²) in [6.07, 6.45) is 0.774. The van der Waals surface area contributed by atoms with E-state index in [0.717, 1.165) is 6.42 Å². The van der Waals surface area contributed by atoms with Gasteiger partial charge in [0.05, 0.1) is 28.4 Å². The van der Waals surface area contributed by atoms with E-state index in [9.17, 15) is 4.79 Å². The van der Waals surface area contributed by atoms with Gasteiger partial charge in [0.25, 0.3) is 5.91 Å². The summed E-state index contributed by atoms with van der Waals surface area (Å²) in [4.78, 5) is 12.0. The second kappa shape index (κ2) is 6.83. The fraction of sp³-hybridized carbons (Fsp3) is 0.417. The summed E-state index contributed by atoms with van der Waals surface area (Å²) in [7, 11) is 1.59. The first kappa shape index (κ1) is 15.1. The first-order valence-electron chi connectivity index (χ1n) is 5.53. The van der Waals surface area contributed by atoms with Gasteiger partial charge in [0.1, 0.15) is 0 Å². The molecule has 1 atom stereocenters. The summed E-state index contributed by atoms with van der Waals surface area (Å²) in [6, 6.07) is 2.95. The maximum atomic E-state index is 12.0. The van der Waals surface area contributed by atoms with Crippen LogP contribution in [0, 0.1) is 0 Å². The second-order valence-electron chi connectivity index (χ2n) is 3.90. The van der Waals surface area contributed by atoms with Crippen LogP contribution in [-0.4, -0.2) is 25.7 Å². The van der Waals surface area contributed by atoms with Crippen LogP contribution in [0.4, 0.5) is 5.69 Å². The molecule has 0 spiro atoms. The molecule has 1 aromatic rings. The molecule has 0 bridgehead atoms. The Labute approximate surface area is 116 Å². The zero-order valence-corrected chi connectivity index (χ0v) is 11.8. The standard InChI is InChI=1S/C12H16Cl2N2O2/c1-3-8(6-18-2)16-12(17)7-4-9(13)11(14)10(15)5-7/h4-5,8H,3,6,15H2,1-2H3,(H,16,17). The number of halogens is 2. The van der Waals surface area contributed by atoms with Crippen molar-refractivity contribution in [3.05, 3.63) is 27.7 Å². The van der Waals surface area contributed by atoms with Crippen LogP contribution in [0.25, 0.3) is 0 Å². The van der Waals surface area contributed by atoms with E-state index in [-0.39, 0.29) is 27.7 Å². The Kier molecular flexibility index (Phi) is 5.72. The minimum Gasteiger partial charge on any atom is -0.397 e. The molecule has 0 aromatic heterocycles. The molecule has 18 heavy (non-hydrogen) atoms. The molecule has 0 saturated carbocycles. The first-order valence-corrected chi connectivity index (χ1v) is 6.29. The molecule has 0 saturated heterocycles. The van der Waals surface area contributed by atoms with Crippen LogP contribution in [0.1, 0.15) is 23.7 Å². The van der Waals surface area contributed by atoms with E-state index in [0.29, 0.717) is 12.2 Å². The number of rotatable bonds is 5. The number of carbonyl (C=O) groups excluding carboxylic acids is 1. The van der Waals surface area contributed by atoms with E-state index in [1.807, 2.05) is 6.92 Å². The van der Waals surface area contributed by atoms with E-state index in [1.54, 1.807) is 7.11 Å². The average molecular weight is 291 g/mol. The van der Waals surface area contributed by atoms with Crippen molar-refractivity contribution in [2.75, 3.05) is 19.5 Å². The number of amides is 1. The Morgan fingerprint density at radius 2 is 2.17 bits per heavy atom. The monoisotopic (exact) mass is 290 g/mol. The van der Waals surface area contributed by atoms with Gasteiger partial charge >= 0.3 is 0 Å². The third kappa shape index (κ3) is 3.77. The van der Waals surface area contributed by atoms with Crippen LogP contribution in [0.2, 0.25) is 10.0 Å². The van der Waals surface area contributed by atoms with Gasteiger partial charge in [-0.1, -0.05) is 30.1 Å². The predicted octanol–water partition coefficient (Wildman–Crippen LogP) is 2.73. The first-order chi connectivity index (χ1) is 8.49. The molecule has 3 N–H and O–H groups in total. The number of methoxy groups -OCH3 is 1. The van der Waals surface area contributed by atoms with E-state index < -0.39 is 0 Å². The number of nitrogens with one attached hydrogen (secondary N) is 1. The summed E-state index contributed by atoms with van der Waals surface area (Å²) in [5.74, 6) is -0.246. The normalized spacial score (nSPS) is 12.2. The van der Waals surface area contributed by atoms with E-state index in [4.69, 9.17) is 33.7 Å². The molecule has 0 aliphatic heterocycles. The third-order valence-corrected chi connectivity index (χ3v) is 3.33. The van der Waals surface area contributed by atoms with Crippen molar-refractivity contribution >= 4 is 34.8 Å². The topological polar surface area (TPSA) is 64.3 Å². The van der Waals surface area contributed by atoms with Gasteiger partial charge in [-0.15, -0.1) is 0 Å². The molecule has 6 heteroatoms. The van der Waals surface area contributed by atoms with Gasteiger partial charge in [-0.25, -0.2) is 0 Å². The van der Waals surface area contributed by atoms with Crippen LogP contribution in [0.3, 0.4) is 0 Å². The largest absolute Gasteiger partial charge is 0.397 e. The van der Waals surface area contributed by atoms with E-state index >= 15 is 0 Å². The minimum absolute atomic E-state index is 0.0434. The lowest BCUT2D eigenvalue weighted by Gasteiger charge is -2.16. The average Bonchev–Trinajstić information content (AvgIpc) is 2.34. The Bertz CT molecular complexity index is 415. The molecule has 0 fully saturated rings. The summed E-state index contributed by atoms with van der Waals surface area (Å²) in [6.45, 7) is 2.42. The van der Waals surface area contributed by atoms with Gasteiger partial charge in [0.2, 0.25) is 0 Å². The van der Waals surface area contributed by atoms with Crippen molar-refractivity contribution in [2.45, 2.75) is 19.4 Å². The lowest BCUT2D eigenvalue weighted by molar-refractivity contribution is 0.0894. The zero-order chi connectivity index (χ0) is 13.7. The maximum Gasteiger partial charge on any atom is 0.251 e. The molecular formula is C12H16Cl2N2O2. The van der Waals surface area contributed by atoms with Gasteiger partial charge in [-0.3, -0.25) is 4.79 Å². The summed E-state index contributed by atoms with van der Waals surface area (Å²) in [5, 5.41) is 3.36. The number of hydrogen-bond donors (Lipinski definition) is 2. The minimum atomic E-state index is -0.246. The molecule has 1 amide bonds. The van der Waals surface area contributed by atoms with Crippen LogP contribution in [0.15, 0.2) is 12.1 Å².